The summed E-state index contributed by atoms with van der Waals surface area (Å²) in [5, 5.41) is 21.7. The summed E-state index contributed by atoms with van der Waals surface area (Å²) in [5.74, 6) is -2.16. The number of benzene rings is 1. The first-order chi connectivity index (χ1) is 20.4. The Morgan fingerprint density at radius 2 is 2.03 bits per heavy atom. The van der Waals surface area contributed by atoms with Crippen LogP contribution in [0.3, 0.4) is 0 Å². The highest BCUT2D eigenvalue weighted by Crippen LogP contribution is 2.55. The number of nitrogens with zero attached hydrogens (tertiary/aromatic N) is 1. The molecule has 0 amide bonds. The Balaban J connectivity index is 1.59. The average Bonchev–Trinajstić information content (AvgIpc) is 3.51. The Morgan fingerprint density at radius 1 is 1.26 bits per heavy atom. The van der Waals surface area contributed by atoms with Crippen LogP contribution in [0.2, 0.25) is 0 Å². The van der Waals surface area contributed by atoms with Gasteiger partial charge in [-0.3, -0.25) is 9.69 Å². The van der Waals surface area contributed by atoms with E-state index in [1.165, 1.54) is 0 Å². The minimum absolute atomic E-state index is 0.0119. The highest BCUT2D eigenvalue weighted by atomic mass is 16.7. The summed E-state index contributed by atoms with van der Waals surface area (Å²) in [4.78, 5) is 27.9. The maximum atomic E-state index is 13.9. The maximum absolute atomic E-state index is 13.9. The average molecular weight is 551 g/mol. The van der Waals surface area contributed by atoms with Crippen LogP contribution in [-0.4, -0.2) is 83.9 Å². The van der Waals surface area contributed by atoms with Crippen molar-refractivity contribution in [3.05, 3.63) is 35.1 Å². The van der Waals surface area contributed by atoms with E-state index in [1.807, 2.05) is 0 Å². The minimum Gasteiger partial charge on any atom is -0.497 e. The molecule has 0 radical (unpaired) electrons. The molecule has 1 saturated heterocycles. The number of aliphatic hydroxyl groups is 2. The molecule has 4 atom stereocenters. The standard InChI is InChI=1S/C29H39NO9/c1-27(2,33)8-5-10-29(34,16-23(31)36-4)26(32)39-25-22(35-3)15-28-9-6-11-30(28)12-7-18-13-20-21(38-17-37-20)14-19(18)24(25)28/h13-15,24-25,33-34H,5-12,16-17H2,1-4H3/t24-,25?,28?,29?/m1/s1/i3D3,11D2. The van der Waals surface area contributed by atoms with Crippen molar-refractivity contribution >= 4 is 11.9 Å². The fourth-order valence-electron chi connectivity index (χ4n) is 6.27. The highest BCUT2D eigenvalue weighted by molar-refractivity contribution is 5.86. The molecule has 1 aromatic carbocycles. The van der Waals surface area contributed by atoms with Gasteiger partial charge in [-0.05, 0) is 88.2 Å². The van der Waals surface area contributed by atoms with Gasteiger partial charge in [0.05, 0.1) is 41.7 Å². The van der Waals surface area contributed by atoms with Gasteiger partial charge in [0.1, 0.15) is 5.76 Å². The summed E-state index contributed by atoms with van der Waals surface area (Å²) in [7, 11) is -1.82. The van der Waals surface area contributed by atoms with Gasteiger partial charge in [-0.15, -0.1) is 0 Å². The SMILES string of the molecule is [2H]C([2H])([2H])OC1=CC23CCC([2H])([2H])N2CCc2cc4c(cc2[C@@H]3C1OC(=O)C(O)(CCCC(C)(C)O)CC(=O)OC)OCO4. The van der Waals surface area contributed by atoms with E-state index in [-0.39, 0.29) is 51.2 Å². The Morgan fingerprint density at radius 3 is 2.74 bits per heavy atom. The number of hydrogen-bond acceptors (Lipinski definition) is 10. The van der Waals surface area contributed by atoms with Gasteiger partial charge in [0.25, 0.3) is 0 Å². The van der Waals surface area contributed by atoms with Crippen LogP contribution in [0, 0.1) is 0 Å². The van der Waals surface area contributed by atoms with Gasteiger partial charge in [-0.1, -0.05) is 0 Å². The molecule has 10 heteroatoms. The zero-order valence-electron chi connectivity index (χ0n) is 27.5. The Labute approximate surface area is 235 Å². The summed E-state index contributed by atoms with van der Waals surface area (Å²) < 4.78 is 68.6. The van der Waals surface area contributed by atoms with Crippen LogP contribution >= 0.6 is 0 Å². The summed E-state index contributed by atoms with van der Waals surface area (Å²) in [5.41, 5.74) is -3.19. The van der Waals surface area contributed by atoms with Gasteiger partial charge < -0.3 is 33.9 Å². The lowest BCUT2D eigenvalue weighted by atomic mass is 9.77. The number of carbonyl (C=O) groups excluding carboxylic acids is 2. The molecule has 0 saturated carbocycles. The smallest absolute Gasteiger partial charge is 0.339 e. The lowest BCUT2D eigenvalue weighted by molar-refractivity contribution is -0.178. The Kier molecular flexibility index (Phi) is 5.79. The van der Waals surface area contributed by atoms with Crippen LogP contribution in [-0.2, 0) is 30.2 Å². The summed E-state index contributed by atoms with van der Waals surface area (Å²) in [6.45, 7) is 1.68. The second kappa shape index (κ2) is 10.3. The van der Waals surface area contributed by atoms with Gasteiger partial charge in [0, 0.05) is 9.29 Å². The van der Waals surface area contributed by atoms with E-state index in [9.17, 15) is 19.8 Å². The van der Waals surface area contributed by atoms with Crippen LogP contribution < -0.4 is 9.47 Å². The molecule has 4 aliphatic rings. The molecule has 1 aromatic rings. The van der Waals surface area contributed by atoms with Crippen LogP contribution in [0.5, 0.6) is 11.5 Å². The van der Waals surface area contributed by atoms with Crippen LogP contribution in [0.1, 0.15) is 76.3 Å². The number of rotatable bonds is 9. The van der Waals surface area contributed by atoms with Crippen LogP contribution in [0.25, 0.3) is 0 Å². The quantitative estimate of drug-likeness (QED) is 0.444. The third-order valence-corrected chi connectivity index (χ3v) is 8.19. The molecule has 5 rings (SSSR count). The number of ether oxygens (including phenoxy) is 5. The molecule has 39 heavy (non-hydrogen) atoms. The van der Waals surface area contributed by atoms with E-state index in [0.717, 1.165) is 12.7 Å². The van der Waals surface area contributed by atoms with Gasteiger partial charge in [0.2, 0.25) is 6.79 Å². The predicted molar refractivity (Wildman–Crippen MR) is 139 cm³/mol. The van der Waals surface area contributed by atoms with E-state index in [2.05, 4.69) is 0 Å². The molecule has 1 aliphatic carbocycles. The molecule has 214 valence electrons. The first-order valence-electron chi connectivity index (χ1n) is 15.7. The van der Waals surface area contributed by atoms with Crippen molar-refractivity contribution in [3.8, 4) is 11.5 Å². The maximum Gasteiger partial charge on any atom is 0.339 e. The number of fused-ring (bicyclic) bond motifs is 3. The van der Waals surface area contributed by atoms with Crippen molar-refractivity contribution < 1.29 is 50.3 Å². The molecule has 1 fully saturated rings. The molecule has 1 spiro atoms. The lowest BCUT2D eigenvalue weighted by Crippen LogP contribution is -2.49. The first kappa shape index (κ1) is 21.9. The fourth-order valence-corrected chi connectivity index (χ4v) is 6.27. The van der Waals surface area contributed by atoms with E-state index >= 15 is 0 Å². The van der Waals surface area contributed by atoms with Crippen molar-refractivity contribution in [2.75, 3.05) is 34.0 Å². The normalized spacial score (nSPS) is 30.5. The molecule has 3 aliphatic heterocycles. The number of carbonyl (C=O) groups is 2. The molecule has 2 N–H and O–H groups in total. The van der Waals surface area contributed by atoms with Gasteiger partial charge >= 0.3 is 11.9 Å². The largest absolute Gasteiger partial charge is 0.497 e. The molecule has 0 aromatic heterocycles. The molecular weight excluding hydrogens is 506 g/mol. The molecular formula is C29H39NO9. The monoisotopic (exact) mass is 550 g/mol. The van der Waals surface area contributed by atoms with Crippen molar-refractivity contribution in [2.45, 2.75) is 87.6 Å². The van der Waals surface area contributed by atoms with Gasteiger partial charge in [-0.2, -0.15) is 0 Å². The molecule has 10 nitrogen and oxygen atoms in total. The van der Waals surface area contributed by atoms with Gasteiger partial charge in [-0.25, -0.2) is 4.79 Å². The Bertz CT molecular complexity index is 1340. The molecule has 0 bridgehead atoms. The van der Waals surface area contributed by atoms with Crippen LogP contribution in [0.4, 0.5) is 0 Å². The van der Waals surface area contributed by atoms with E-state index in [0.29, 0.717) is 23.5 Å². The summed E-state index contributed by atoms with van der Waals surface area (Å²) in [6, 6.07) is 3.55. The van der Waals surface area contributed by atoms with Crippen molar-refractivity contribution in [1.29, 1.82) is 0 Å². The number of hydrogen-bond donors (Lipinski definition) is 2. The number of esters is 2. The third-order valence-electron chi connectivity index (χ3n) is 8.19. The summed E-state index contributed by atoms with van der Waals surface area (Å²) >= 11 is 0. The lowest BCUT2D eigenvalue weighted by Gasteiger charge is -2.39. The highest BCUT2D eigenvalue weighted by Gasteiger charge is 2.59. The van der Waals surface area contributed by atoms with E-state index < -0.39 is 60.7 Å². The van der Waals surface area contributed by atoms with Crippen LogP contribution in [0.15, 0.2) is 24.0 Å². The minimum atomic E-state index is -2.94. The zero-order chi connectivity index (χ0) is 32.3. The Hall–Kier alpha value is -2.82. The van der Waals surface area contributed by atoms with E-state index in [1.54, 1.807) is 37.0 Å². The van der Waals surface area contributed by atoms with Gasteiger partial charge in [0.15, 0.2) is 23.2 Å². The third kappa shape index (κ3) is 5.10. The van der Waals surface area contributed by atoms with Crippen molar-refractivity contribution in [2.24, 2.45) is 0 Å². The molecule has 3 unspecified atom stereocenters. The first-order valence-corrected chi connectivity index (χ1v) is 13.2. The van der Waals surface area contributed by atoms with Crippen molar-refractivity contribution in [1.82, 2.24) is 4.90 Å². The zero-order valence-corrected chi connectivity index (χ0v) is 22.5. The second-order valence-electron chi connectivity index (χ2n) is 11.4. The predicted octanol–water partition coefficient (Wildman–Crippen LogP) is 2.58. The fraction of sp³-hybridized carbons (Fsp3) is 0.655. The summed E-state index contributed by atoms with van der Waals surface area (Å²) in [6.07, 6.45) is 0.321. The second-order valence-corrected chi connectivity index (χ2v) is 11.4. The number of methoxy groups -OCH3 is 2. The van der Waals surface area contributed by atoms with E-state index in [4.69, 9.17) is 30.5 Å². The van der Waals surface area contributed by atoms with Crippen molar-refractivity contribution in [3.63, 3.8) is 0 Å². The topological polar surface area (TPSA) is 124 Å². The molecule has 3 heterocycles.